The Morgan fingerprint density at radius 3 is 2.92 bits per heavy atom. The summed E-state index contributed by atoms with van der Waals surface area (Å²) < 4.78 is 4.47. The maximum Gasteiger partial charge on any atom is 0.346 e. The number of fused-ring (bicyclic) bond motifs is 1. The Hall–Kier alpha value is -2.44. The summed E-state index contributed by atoms with van der Waals surface area (Å²) in [5, 5.41) is 4.37. The molecule has 0 radical (unpaired) electrons. The molecule has 0 aromatic carbocycles. The third-order valence-corrected chi connectivity index (χ3v) is 4.06. The molecule has 0 fully saturated rings. The quantitative estimate of drug-likeness (QED) is 0.850. The first-order valence-electron chi connectivity index (χ1n) is 8.47. The highest BCUT2D eigenvalue weighted by atomic mass is 16.2. The van der Waals surface area contributed by atoms with Gasteiger partial charge in [-0.1, -0.05) is 12.5 Å². The molecule has 0 saturated carbocycles. The molecule has 7 nitrogen and oxygen atoms in total. The minimum atomic E-state index is -0.217. The SMILES string of the molecule is CC(C)N=c1ccccn1C(=O)Cn1nc2n(c1=O)CCCCC2. The molecule has 0 bridgehead atoms. The maximum atomic E-state index is 12.6. The molecule has 1 aliphatic rings. The fourth-order valence-electron chi connectivity index (χ4n) is 2.95. The van der Waals surface area contributed by atoms with Crippen LogP contribution in [0, 0.1) is 0 Å². The summed E-state index contributed by atoms with van der Waals surface area (Å²) in [6, 6.07) is 5.50. The van der Waals surface area contributed by atoms with Crippen LogP contribution in [0.3, 0.4) is 0 Å². The minimum Gasteiger partial charge on any atom is -0.279 e. The van der Waals surface area contributed by atoms with Crippen LogP contribution < -0.4 is 11.2 Å². The number of aromatic nitrogens is 4. The Balaban J connectivity index is 1.91. The van der Waals surface area contributed by atoms with Crippen LogP contribution in [0.4, 0.5) is 0 Å². The first-order chi connectivity index (χ1) is 11.6. The third kappa shape index (κ3) is 3.39. The number of pyridine rings is 1. The Labute approximate surface area is 140 Å². The smallest absolute Gasteiger partial charge is 0.279 e. The summed E-state index contributed by atoms with van der Waals surface area (Å²) in [7, 11) is 0. The van der Waals surface area contributed by atoms with Gasteiger partial charge in [0.1, 0.15) is 17.9 Å². The first kappa shape index (κ1) is 16.4. The van der Waals surface area contributed by atoms with Crippen molar-refractivity contribution in [2.24, 2.45) is 4.99 Å². The van der Waals surface area contributed by atoms with Crippen molar-refractivity contribution in [3.63, 3.8) is 0 Å². The Morgan fingerprint density at radius 2 is 2.12 bits per heavy atom. The largest absolute Gasteiger partial charge is 0.346 e. The van der Waals surface area contributed by atoms with Gasteiger partial charge in [-0.05, 0) is 38.8 Å². The molecule has 0 spiro atoms. The molecule has 0 amide bonds. The molecule has 1 aliphatic heterocycles. The first-order valence-corrected chi connectivity index (χ1v) is 8.47. The Bertz CT molecular complexity index is 856. The van der Waals surface area contributed by atoms with E-state index in [0.717, 1.165) is 31.5 Å². The van der Waals surface area contributed by atoms with Gasteiger partial charge < -0.3 is 0 Å². The highest BCUT2D eigenvalue weighted by Gasteiger charge is 2.17. The molecule has 0 aliphatic carbocycles. The molecule has 3 rings (SSSR count). The molecule has 2 aromatic heterocycles. The molecule has 0 atom stereocenters. The van der Waals surface area contributed by atoms with Crippen LogP contribution >= 0.6 is 0 Å². The van der Waals surface area contributed by atoms with Crippen LogP contribution in [0.1, 0.15) is 43.7 Å². The van der Waals surface area contributed by atoms with Crippen molar-refractivity contribution in [1.29, 1.82) is 0 Å². The summed E-state index contributed by atoms with van der Waals surface area (Å²) in [6.45, 7) is 4.53. The second-order valence-electron chi connectivity index (χ2n) is 6.36. The third-order valence-electron chi connectivity index (χ3n) is 4.06. The summed E-state index contributed by atoms with van der Waals surface area (Å²) in [6.07, 6.45) is 5.60. The highest BCUT2D eigenvalue weighted by molar-refractivity contribution is 5.78. The van der Waals surface area contributed by atoms with Crippen molar-refractivity contribution in [3.8, 4) is 0 Å². The molecular formula is C17H23N5O2. The fraction of sp³-hybridized carbons (Fsp3) is 0.529. The summed E-state index contributed by atoms with van der Waals surface area (Å²) in [5.74, 6) is 0.570. The maximum absolute atomic E-state index is 12.6. The van der Waals surface area contributed by atoms with Gasteiger partial charge in [0, 0.05) is 25.2 Å². The Kier molecular flexibility index (Phi) is 4.78. The summed E-state index contributed by atoms with van der Waals surface area (Å²) >= 11 is 0. The standard InChI is InChI=1S/C17H23N5O2/c1-13(2)18-14-8-5-7-10-20(14)16(23)12-22-17(24)21-11-6-3-4-9-15(21)19-22/h5,7-8,10,13H,3-4,6,9,11-12H2,1-2H3. The second-order valence-corrected chi connectivity index (χ2v) is 6.36. The lowest BCUT2D eigenvalue weighted by Gasteiger charge is -2.06. The zero-order valence-electron chi connectivity index (χ0n) is 14.2. The van der Waals surface area contributed by atoms with Gasteiger partial charge >= 0.3 is 5.69 Å². The van der Waals surface area contributed by atoms with Crippen molar-refractivity contribution in [3.05, 3.63) is 46.2 Å². The topological polar surface area (TPSA) is 74.2 Å². The van der Waals surface area contributed by atoms with Crippen LogP contribution in [0.25, 0.3) is 0 Å². The molecule has 0 saturated heterocycles. The van der Waals surface area contributed by atoms with Crippen molar-refractivity contribution >= 4 is 5.91 Å². The predicted octanol–water partition coefficient (Wildman–Crippen LogP) is 1.22. The van der Waals surface area contributed by atoms with E-state index >= 15 is 0 Å². The van der Waals surface area contributed by atoms with E-state index in [1.54, 1.807) is 22.9 Å². The van der Waals surface area contributed by atoms with Gasteiger partial charge in [-0.3, -0.25) is 18.9 Å². The normalized spacial score (nSPS) is 15.4. The number of hydrogen-bond acceptors (Lipinski definition) is 4. The van der Waals surface area contributed by atoms with Gasteiger partial charge in [0.2, 0.25) is 0 Å². The number of aryl methyl sites for hydroxylation is 1. The van der Waals surface area contributed by atoms with Crippen molar-refractivity contribution in [2.45, 2.75) is 58.7 Å². The van der Waals surface area contributed by atoms with Gasteiger partial charge in [0.05, 0.1) is 0 Å². The zero-order valence-corrected chi connectivity index (χ0v) is 14.2. The summed E-state index contributed by atoms with van der Waals surface area (Å²) in [4.78, 5) is 29.6. The molecule has 0 unspecified atom stereocenters. The lowest BCUT2D eigenvalue weighted by molar-refractivity contribution is 0.0878. The molecule has 3 heterocycles. The highest BCUT2D eigenvalue weighted by Crippen LogP contribution is 2.10. The van der Waals surface area contributed by atoms with Gasteiger partial charge in [-0.25, -0.2) is 9.48 Å². The van der Waals surface area contributed by atoms with Crippen molar-refractivity contribution in [1.82, 2.24) is 18.9 Å². The fourth-order valence-corrected chi connectivity index (χ4v) is 2.95. The predicted molar refractivity (Wildman–Crippen MR) is 89.8 cm³/mol. The molecular weight excluding hydrogens is 306 g/mol. The summed E-state index contributed by atoms with van der Waals surface area (Å²) in [5.41, 5.74) is 0.394. The van der Waals surface area contributed by atoms with Crippen LogP contribution in [0.5, 0.6) is 0 Å². The van der Waals surface area contributed by atoms with E-state index < -0.39 is 0 Å². The van der Waals surface area contributed by atoms with Crippen LogP contribution in [0.2, 0.25) is 0 Å². The van der Waals surface area contributed by atoms with Crippen LogP contribution in [-0.4, -0.2) is 30.9 Å². The van der Waals surface area contributed by atoms with E-state index in [1.807, 2.05) is 19.9 Å². The van der Waals surface area contributed by atoms with Crippen molar-refractivity contribution in [2.75, 3.05) is 0 Å². The second kappa shape index (κ2) is 6.98. The average Bonchev–Trinajstić information content (AvgIpc) is 2.73. The van der Waals surface area contributed by atoms with E-state index in [9.17, 15) is 9.59 Å². The number of rotatable bonds is 3. The van der Waals surface area contributed by atoms with E-state index in [4.69, 9.17) is 0 Å². The van der Waals surface area contributed by atoms with Crippen LogP contribution in [-0.2, 0) is 19.5 Å². The number of carbonyl (C=O) groups excluding carboxylic acids is 1. The number of carbonyl (C=O) groups is 1. The molecule has 7 heteroatoms. The van der Waals surface area contributed by atoms with E-state index in [0.29, 0.717) is 12.0 Å². The van der Waals surface area contributed by atoms with Gasteiger partial charge in [-0.2, -0.15) is 5.10 Å². The number of nitrogens with zero attached hydrogens (tertiary/aromatic N) is 5. The molecule has 24 heavy (non-hydrogen) atoms. The van der Waals surface area contributed by atoms with E-state index in [-0.39, 0.29) is 24.2 Å². The van der Waals surface area contributed by atoms with E-state index in [2.05, 4.69) is 10.1 Å². The minimum absolute atomic E-state index is 0.0753. The van der Waals surface area contributed by atoms with Crippen molar-refractivity contribution < 1.29 is 4.79 Å². The number of hydrogen-bond donors (Lipinski definition) is 0. The lowest BCUT2D eigenvalue weighted by Crippen LogP contribution is -2.34. The van der Waals surface area contributed by atoms with Gasteiger partial charge in [0.15, 0.2) is 0 Å². The lowest BCUT2D eigenvalue weighted by atomic mass is 10.2. The molecule has 2 aromatic rings. The van der Waals surface area contributed by atoms with Gasteiger partial charge in [0.25, 0.3) is 5.91 Å². The van der Waals surface area contributed by atoms with Crippen LogP contribution in [0.15, 0.2) is 34.2 Å². The monoisotopic (exact) mass is 329 g/mol. The zero-order chi connectivity index (χ0) is 17.1. The molecule has 128 valence electrons. The Morgan fingerprint density at radius 1 is 1.29 bits per heavy atom. The van der Waals surface area contributed by atoms with Gasteiger partial charge in [-0.15, -0.1) is 0 Å². The van der Waals surface area contributed by atoms with E-state index in [1.165, 1.54) is 9.25 Å². The molecule has 0 N–H and O–H groups in total. The average molecular weight is 329 g/mol.